The Kier molecular flexibility index (Phi) is 18.5. The quantitative estimate of drug-likeness (QED) is 0.405. The van der Waals surface area contributed by atoms with Gasteiger partial charge >= 0.3 is 23.1 Å². The molecule has 0 radical (unpaired) electrons. The van der Waals surface area contributed by atoms with Crippen LogP contribution in [0.25, 0.3) is 0 Å². The first kappa shape index (κ1) is 18.1. The van der Waals surface area contributed by atoms with Gasteiger partial charge < -0.3 is 23.8 Å². The molecule has 0 N–H and O–H groups in total. The first-order valence-corrected chi connectivity index (χ1v) is 5.75. The molecule has 0 aromatic rings. The molecule has 0 fully saturated rings. The van der Waals surface area contributed by atoms with Crippen molar-refractivity contribution in [3.8, 4) is 0 Å². The Morgan fingerprint density at radius 1 is 1.45 bits per heavy atom. The van der Waals surface area contributed by atoms with Gasteiger partial charge in [-0.1, -0.05) is 6.92 Å². The summed E-state index contributed by atoms with van der Waals surface area (Å²) in [6.07, 6.45) is 0.406. The van der Waals surface area contributed by atoms with Crippen LogP contribution < -0.4 is 12.4 Å². The number of rotatable bonds is 4. The molecular formula is C7H17ClMgOSi. The molecule has 0 amide bonds. The predicted molar refractivity (Wildman–Crippen MR) is 49.8 cm³/mol. The van der Waals surface area contributed by atoms with Crippen LogP contribution >= 0.6 is 0 Å². The van der Waals surface area contributed by atoms with Gasteiger partial charge in [-0.3, -0.25) is 0 Å². The molecule has 0 aliphatic heterocycles. The fourth-order valence-electron chi connectivity index (χ4n) is 0.753. The first-order chi connectivity index (χ1) is 4.20. The maximum Gasteiger partial charge on any atom is 2.00 e. The standard InChI is InChI=1S/C7H17OSi.ClH.Mg/c1-5-9(6-2)8-7(3)4;;/h7,9H,1,5-6H2,2-4H3;1H;/q-1;;+2/p-1. The Morgan fingerprint density at radius 3 is 2.00 bits per heavy atom. The fourth-order valence-corrected chi connectivity index (χ4v) is 2.26. The molecule has 0 saturated carbocycles. The smallest absolute Gasteiger partial charge is 1.00 e. The maximum atomic E-state index is 5.62. The van der Waals surface area contributed by atoms with Crippen LogP contribution in [0.15, 0.2) is 0 Å². The Balaban J connectivity index is -0.000000320. The molecule has 1 nitrogen and oxygen atoms in total. The molecule has 0 aromatic carbocycles. The van der Waals surface area contributed by atoms with Crippen molar-refractivity contribution in [2.24, 2.45) is 0 Å². The van der Waals surface area contributed by atoms with E-state index in [9.17, 15) is 0 Å². The molecule has 0 aliphatic carbocycles. The van der Waals surface area contributed by atoms with Gasteiger partial charge in [0.2, 0.25) is 0 Å². The van der Waals surface area contributed by atoms with Crippen LogP contribution in [-0.2, 0) is 4.43 Å². The Hall–Kier alpha value is 1.23. The Labute approximate surface area is 94.6 Å². The molecule has 0 aromatic heterocycles. The second kappa shape index (κ2) is 11.2. The van der Waals surface area contributed by atoms with Crippen LogP contribution in [0.2, 0.25) is 12.1 Å². The predicted octanol–water partition coefficient (Wildman–Crippen LogP) is -1.39. The van der Waals surface area contributed by atoms with Crippen LogP contribution in [0.3, 0.4) is 0 Å². The molecule has 0 aliphatic rings. The van der Waals surface area contributed by atoms with Gasteiger partial charge in [0.05, 0.1) is 0 Å². The van der Waals surface area contributed by atoms with Crippen LogP contribution in [0.4, 0.5) is 0 Å². The molecule has 0 bridgehead atoms. The third kappa shape index (κ3) is 11.2. The van der Waals surface area contributed by atoms with Gasteiger partial charge in [0, 0.05) is 6.10 Å². The van der Waals surface area contributed by atoms with Gasteiger partial charge in [-0.05, 0) is 19.9 Å². The molecule has 4 heteroatoms. The average Bonchev–Trinajstić information content (AvgIpc) is 1.82. The van der Waals surface area contributed by atoms with E-state index in [1.54, 1.807) is 0 Å². The molecule has 0 spiro atoms. The van der Waals surface area contributed by atoms with Crippen LogP contribution in [-0.4, -0.2) is 38.2 Å². The maximum absolute atomic E-state index is 5.62. The van der Waals surface area contributed by atoms with Crippen molar-refractivity contribution in [1.29, 1.82) is 0 Å². The van der Waals surface area contributed by atoms with Crippen LogP contribution in [0.1, 0.15) is 20.8 Å². The van der Waals surface area contributed by atoms with Gasteiger partial charge in [-0.2, -0.15) is 6.04 Å². The zero-order chi connectivity index (χ0) is 7.28. The topological polar surface area (TPSA) is 9.23 Å². The van der Waals surface area contributed by atoms with Crippen molar-refractivity contribution < 1.29 is 16.8 Å². The molecule has 0 rings (SSSR count). The van der Waals surface area contributed by atoms with E-state index in [0.29, 0.717) is 6.10 Å². The molecule has 1 atom stereocenters. The minimum absolute atomic E-state index is 0. The van der Waals surface area contributed by atoms with Crippen molar-refractivity contribution in [2.45, 2.75) is 39.0 Å². The van der Waals surface area contributed by atoms with Gasteiger partial charge in [0.15, 0.2) is 0 Å². The van der Waals surface area contributed by atoms with Crippen molar-refractivity contribution >= 4 is 32.1 Å². The summed E-state index contributed by atoms with van der Waals surface area (Å²) >= 11 is 0. The number of halogens is 1. The molecule has 11 heavy (non-hydrogen) atoms. The Bertz CT molecular complexity index is 69.5. The number of hydrogen-bond donors (Lipinski definition) is 0. The van der Waals surface area contributed by atoms with E-state index in [1.165, 1.54) is 6.04 Å². The summed E-state index contributed by atoms with van der Waals surface area (Å²) in [4.78, 5) is 0. The monoisotopic (exact) mass is 204 g/mol. The minimum Gasteiger partial charge on any atom is -1.00 e. The third-order valence-electron chi connectivity index (χ3n) is 1.24. The summed E-state index contributed by atoms with van der Waals surface area (Å²) < 4.78 is 5.62. The normalized spacial score (nSPS) is 11.7. The van der Waals surface area contributed by atoms with E-state index in [-0.39, 0.29) is 35.5 Å². The summed E-state index contributed by atoms with van der Waals surface area (Å²) in [6.45, 7) is 10.2. The van der Waals surface area contributed by atoms with E-state index >= 15 is 0 Å². The van der Waals surface area contributed by atoms with Crippen molar-refractivity contribution in [3.05, 3.63) is 6.92 Å². The molecule has 0 heterocycles. The van der Waals surface area contributed by atoms with Gasteiger partial charge in [-0.15, -0.1) is 0 Å². The fraction of sp³-hybridized carbons (Fsp3) is 0.857. The van der Waals surface area contributed by atoms with Crippen molar-refractivity contribution in [3.63, 3.8) is 0 Å². The third-order valence-corrected chi connectivity index (χ3v) is 3.73. The van der Waals surface area contributed by atoms with E-state index in [0.717, 1.165) is 6.04 Å². The second-order valence-electron chi connectivity index (χ2n) is 2.50. The summed E-state index contributed by atoms with van der Waals surface area (Å²) in [5.74, 6) is 0. The molecule has 1 unspecified atom stereocenters. The molecule has 64 valence electrons. The minimum atomic E-state index is -0.861. The van der Waals surface area contributed by atoms with Crippen molar-refractivity contribution in [2.75, 3.05) is 0 Å². The summed E-state index contributed by atoms with van der Waals surface area (Å²) in [5, 5.41) is 0. The summed E-state index contributed by atoms with van der Waals surface area (Å²) in [7, 11) is -0.861. The largest absolute Gasteiger partial charge is 2.00 e. The zero-order valence-electron chi connectivity index (χ0n) is 7.77. The second-order valence-corrected chi connectivity index (χ2v) is 5.41. The van der Waals surface area contributed by atoms with Crippen LogP contribution in [0.5, 0.6) is 0 Å². The zero-order valence-corrected chi connectivity index (χ0v) is 11.1. The van der Waals surface area contributed by atoms with Crippen molar-refractivity contribution in [1.82, 2.24) is 0 Å². The van der Waals surface area contributed by atoms with E-state index in [2.05, 4.69) is 27.7 Å². The van der Waals surface area contributed by atoms with E-state index < -0.39 is 9.04 Å². The summed E-state index contributed by atoms with van der Waals surface area (Å²) in [5.41, 5.74) is 0. The van der Waals surface area contributed by atoms with E-state index in [4.69, 9.17) is 4.43 Å². The molecular weight excluding hydrogens is 188 g/mol. The Morgan fingerprint density at radius 2 is 1.91 bits per heavy atom. The average molecular weight is 205 g/mol. The summed E-state index contributed by atoms with van der Waals surface area (Å²) in [6, 6.07) is 2.23. The molecule has 0 saturated heterocycles. The first-order valence-electron chi connectivity index (χ1n) is 3.65. The van der Waals surface area contributed by atoms with Gasteiger partial charge in [0.1, 0.15) is 9.04 Å². The van der Waals surface area contributed by atoms with Crippen LogP contribution in [0, 0.1) is 6.92 Å². The SMILES string of the molecule is [CH2-]C[SiH](CC)OC(C)C.[Cl-].[Mg+2]. The van der Waals surface area contributed by atoms with Gasteiger partial charge in [-0.25, -0.2) is 0 Å². The van der Waals surface area contributed by atoms with Gasteiger partial charge in [0.25, 0.3) is 0 Å². The number of hydrogen-bond acceptors (Lipinski definition) is 1. The van der Waals surface area contributed by atoms with E-state index in [1.807, 2.05) is 0 Å².